The number of unbranched alkanes of at least 4 members (excludes halogenated alkanes) is 11. The second kappa shape index (κ2) is 21.1. The Labute approximate surface area is 180 Å². The van der Waals surface area contributed by atoms with Gasteiger partial charge in [-0.3, -0.25) is 0 Å². The minimum Gasteiger partial charge on any atom is -1.00 e. The molecule has 0 atom stereocenters. The lowest BCUT2D eigenvalue weighted by Gasteiger charge is -2.17. The van der Waals surface area contributed by atoms with Crippen LogP contribution in [0.5, 0.6) is 0 Å². The van der Waals surface area contributed by atoms with Gasteiger partial charge in [-0.2, -0.15) is 0 Å². The van der Waals surface area contributed by atoms with Gasteiger partial charge in [-0.1, -0.05) is 88.1 Å². The van der Waals surface area contributed by atoms with E-state index in [9.17, 15) is 0 Å². The van der Waals surface area contributed by atoms with Crippen molar-refractivity contribution in [2.45, 2.75) is 83.5 Å². The smallest absolute Gasteiger partial charge is 0.101 e. The molecule has 1 rings (SSSR count). The fourth-order valence-corrected chi connectivity index (χ4v) is 3.81. The van der Waals surface area contributed by atoms with Crippen molar-refractivity contribution >= 4 is 0 Å². The fourth-order valence-electron chi connectivity index (χ4n) is 3.81. The van der Waals surface area contributed by atoms with Gasteiger partial charge in [0.25, 0.3) is 0 Å². The van der Waals surface area contributed by atoms with Crippen molar-refractivity contribution in [1.29, 1.82) is 0 Å². The zero-order valence-corrected chi connectivity index (χ0v) is 18.6. The number of benzene rings is 1. The molecule has 4 heteroatoms. The van der Waals surface area contributed by atoms with Crippen LogP contribution in [0.2, 0.25) is 0 Å². The van der Waals surface area contributed by atoms with Crippen LogP contribution < -0.4 is 17.3 Å². The van der Waals surface area contributed by atoms with Crippen LogP contribution in [0.3, 0.4) is 0 Å². The lowest BCUT2D eigenvalue weighted by Crippen LogP contribution is -3.13. The number of hydrogen-bond donors (Lipinski definition) is 3. The van der Waals surface area contributed by atoms with Crippen LogP contribution in [0, 0.1) is 0 Å². The molecule has 0 heterocycles. The average Bonchev–Trinajstić information content (AvgIpc) is 2.69. The molecule has 3 nitrogen and oxygen atoms in total. The summed E-state index contributed by atoms with van der Waals surface area (Å²) in [6.45, 7) is 3.08. The number of hydrogen-bond acceptors (Lipinski definition) is 2. The van der Waals surface area contributed by atoms with Crippen molar-refractivity contribution < 1.29 is 27.5 Å². The summed E-state index contributed by atoms with van der Waals surface area (Å²) in [5.74, 6) is 0. The maximum Gasteiger partial charge on any atom is 0.101 e. The monoisotopic (exact) mass is 413 g/mol. The van der Waals surface area contributed by atoms with Gasteiger partial charge < -0.3 is 27.5 Å². The first-order valence-corrected chi connectivity index (χ1v) is 11.5. The van der Waals surface area contributed by atoms with Crippen molar-refractivity contribution in [3.8, 4) is 0 Å². The number of nitrogens with one attached hydrogen (secondary N) is 1. The van der Waals surface area contributed by atoms with Crippen LogP contribution in [0.15, 0.2) is 30.3 Å². The van der Waals surface area contributed by atoms with Gasteiger partial charge in [0.15, 0.2) is 0 Å². The molecule has 164 valence electrons. The Morgan fingerprint density at radius 2 is 0.964 bits per heavy atom. The molecule has 0 amide bonds. The van der Waals surface area contributed by atoms with Crippen molar-refractivity contribution in [3.05, 3.63) is 35.9 Å². The third-order valence-corrected chi connectivity index (χ3v) is 5.52. The van der Waals surface area contributed by atoms with Crippen molar-refractivity contribution in [1.82, 2.24) is 0 Å². The summed E-state index contributed by atoms with van der Waals surface area (Å²) in [4.78, 5) is 1.34. The summed E-state index contributed by atoms with van der Waals surface area (Å²) in [6, 6.07) is 10.8. The second-order valence-corrected chi connectivity index (χ2v) is 7.93. The van der Waals surface area contributed by atoms with Gasteiger partial charge in [-0.15, -0.1) is 0 Å². The van der Waals surface area contributed by atoms with Crippen molar-refractivity contribution in [2.75, 3.05) is 32.8 Å². The number of aliphatic hydroxyl groups excluding tert-OH is 2. The van der Waals surface area contributed by atoms with Gasteiger partial charge in [0.2, 0.25) is 0 Å². The summed E-state index contributed by atoms with van der Waals surface area (Å²) in [5, 5.41) is 18.0. The fraction of sp³-hybridized carbons (Fsp3) is 0.750. The molecule has 0 bridgehead atoms. The third kappa shape index (κ3) is 16.4. The molecule has 0 saturated carbocycles. The van der Waals surface area contributed by atoms with Crippen LogP contribution in [0.4, 0.5) is 0 Å². The zero-order valence-electron chi connectivity index (χ0n) is 17.9. The normalized spacial score (nSPS) is 11.0. The highest BCUT2D eigenvalue weighted by atomic mass is 35.5. The molecule has 0 spiro atoms. The van der Waals surface area contributed by atoms with E-state index < -0.39 is 0 Å². The van der Waals surface area contributed by atoms with Gasteiger partial charge >= 0.3 is 0 Å². The first kappa shape index (κ1) is 27.4. The van der Waals surface area contributed by atoms with Gasteiger partial charge in [-0.25, -0.2) is 0 Å². The lowest BCUT2D eigenvalue weighted by atomic mass is 10.0. The summed E-state index contributed by atoms with van der Waals surface area (Å²) < 4.78 is 0. The van der Waals surface area contributed by atoms with Crippen LogP contribution in [-0.2, 0) is 6.42 Å². The molecular weight excluding hydrogens is 370 g/mol. The lowest BCUT2D eigenvalue weighted by molar-refractivity contribution is -0.901. The van der Waals surface area contributed by atoms with Gasteiger partial charge in [0.1, 0.15) is 13.1 Å². The summed E-state index contributed by atoms with van der Waals surface area (Å²) in [7, 11) is 0. The van der Waals surface area contributed by atoms with Gasteiger partial charge in [0, 0.05) is 0 Å². The molecule has 28 heavy (non-hydrogen) atoms. The van der Waals surface area contributed by atoms with Crippen LogP contribution in [0.25, 0.3) is 0 Å². The van der Waals surface area contributed by atoms with Gasteiger partial charge in [-0.05, 0) is 31.2 Å². The standard InChI is InChI=1S/C24H43NO2.ClH/c26-22-20-25(21-23-27)19-15-10-8-6-4-2-1-3-5-7-9-12-16-24-17-13-11-14-18-24;/h11,13-14,17-18,26-27H,1-10,12,15-16,19-23H2;1H. The molecule has 0 fully saturated rings. The van der Waals surface area contributed by atoms with E-state index in [1.54, 1.807) is 0 Å². The first-order valence-electron chi connectivity index (χ1n) is 11.5. The number of rotatable bonds is 19. The third-order valence-electron chi connectivity index (χ3n) is 5.52. The quantitative estimate of drug-likeness (QED) is 0.293. The molecule has 1 aromatic rings. The summed E-state index contributed by atoms with van der Waals surface area (Å²) in [6.07, 6.45) is 17.6. The molecule has 0 unspecified atom stereocenters. The molecule has 0 saturated heterocycles. The van der Waals surface area contributed by atoms with Crippen LogP contribution in [0.1, 0.15) is 82.6 Å². The molecular formula is C24H44ClNO2. The van der Waals surface area contributed by atoms with E-state index in [-0.39, 0.29) is 25.6 Å². The van der Waals surface area contributed by atoms with Gasteiger partial charge in [0.05, 0.1) is 19.8 Å². The Balaban J connectivity index is 0.00000729. The Bertz CT molecular complexity index is 410. The molecule has 0 aliphatic heterocycles. The molecule has 0 aliphatic carbocycles. The number of aryl methyl sites for hydroxylation is 1. The Hall–Kier alpha value is -0.610. The van der Waals surface area contributed by atoms with E-state index in [1.165, 1.54) is 93.9 Å². The number of quaternary nitrogens is 1. The Morgan fingerprint density at radius 1 is 0.536 bits per heavy atom. The first-order chi connectivity index (χ1) is 13.4. The zero-order chi connectivity index (χ0) is 19.4. The summed E-state index contributed by atoms with van der Waals surface area (Å²) >= 11 is 0. The minimum absolute atomic E-state index is 0. The molecule has 3 N–H and O–H groups in total. The molecule has 0 aliphatic rings. The highest BCUT2D eigenvalue weighted by Crippen LogP contribution is 2.13. The molecule has 0 aromatic heterocycles. The summed E-state index contributed by atoms with van der Waals surface area (Å²) in [5.41, 5.74) is 1.48. The van der Waals surface area contributed by atoms with E-state index in [4.69, 9.17) is 10.2 Å². The van der Waals surface area contributed by atoms with Crippen LogP contribution >= 0.6 is 0 Å². The van der Waals surface area contributed by atoms with E-state index in [0.29, 0.717) is 0 Å². The highest BCUT2D eigenvalue weighted by Gasteiger charge is 2.05. The molecule has 1 aromatic carbocycles. The number of aliphatic hydroxyl groups is 2. The number of halogens is 1. The topological polar surface area (TPSA) is 44.9 Å². The Morgan fingerprint density at radius 3 is 1.43 bits per heavy atom. The highest BCUT2D eigenvalue weighted by molar-refractivity contribution is 5.14. The SMILES string of the molecule is OCC[NH+](CCO)CCCCCCCCCCCCCCc1ccccc1.[Cl-]. The van der Waals surface area contributed by atoms with Crippen molar-refractivity contribution in [2.24, 2.45) is 0 Å². The average molecular weight is 414 g/mol. The van der Waals surface area contributed by atoms with E-state index in [0.717, 1.165) is 19.6 Å². The largest absolute Gasteiger partial charge is 1.00 e. The van der Waals surface area contributed by atoms with Crippen molar-refractivity contribution in [3.63, 3.8) is 0 Å². The predicted octanol–water partition coefficient (Wildman–Crippen LogP) is 0.784. The van der Waals surface area contributed by atoms with Crippen LogP contribution in [-0.4, -0.2) is 43.1 Å². The Kier molecular flexibility index (Phi) is 20.6. The predicted molar refractivity (Wildman–Crippen MR) is 115 cm³/mol. The molecule has 0 radical (unpaired) electrons. The maximum absolute atomic E-state index is 9.01. The second-order valence-electron chi connectivity index (χ2n) is 7.93. The van der Waals surface area contributed by atoms with E-state index >= 15 is 0 Å². The van der Waals surface area contributed by atoms with E-state index in [1.807, 2.05) is 0 Å². The minimum atomic E-state index is 0. The van der Waals surface area contributed by atoms with E-state index in [2.05, 4.69) is 30.3 Å². The maximum atomic E-state index is 9.01.